The van der Waals surface area contributed by atoms with Gasteiger partial charge in [0.25, 0.3) is 0 Å². The minimum absolute atomic E-state index is 0.0141. The SMILES string of the molecule is COc1cccc(C(=O)OCc2cc(-c3ccco3)on2)c1. The van der Waals surface area contributed by atoms with Gasteiger partial charge in [0, 0.05) is 6.07 Å². The Morgan fingerprint density at radius 2 is 2.09 bits per heavy atom. The van der Waals surface area contributed by atoms with E-state index in [9.17, 15) is 4.79 Å². The molecule has 0 N–H and O–H groups in total. The van der Waals surface area contributed by atoms with E-state index in [1.165, 1.54) is 7.11 Å². The van der Waals surface area contributed by atoms with Crippen LogP contribution in [0, 0.1) is 0 Å². The molecule has 0 aliphatic carbocycles. The third kappa shape index (κ3) is 3.01. The van der Waals surface area contributed by atoms with Crippen LogP contribution in [0.3, 0.4) is 0 Å². The van der Waals surface area contributed by atoms with Gasteiger partial charge in [0.2, 0.25) is 5.76 Å². The topological polar surface area (TPSA) is 74.7 Å². The summed E-state index contributed by atoms with van der Waals surface area (Å²) in [5, 5.41) is 3.83. The summed E-state index contributed by atoms with van der Waals surface area (Å²) in [5.74, 6) is 1.19. The number of hydrogen-bond acceptors (Lipinski definition) is 6. The summed E-state index contributed by atoms with van der Waals surface area (Å²) in [7, 11) is 1.54. The summed E-state index contributed by atoms with van der Waals surface area (Å²) >= 11 is 0. The van der Waals surface area contributed by atoms with E-state index in [0.717, 1.165) is 0 Å². The Kier molecular flexibility index (Phi) is 3.91. The molecule has 0 aliphatic heterocycles. The first-order chi connectivity index (χ1) is 10.8. The monoisotopic (exact) mass is 299 g/mol. The smallest absolute Gasteiger partial charge is 0.338 e. The Morgan fingerprint density at radius 1 is 1.18 bits per heavy atom. The van der Waals surface area contributed by atoms with Crippen LogP contribution in [0.25, 0.3) is 11.5 Å². The van der Waals surface area contributed by atoms with Crippen molar-refractivity contribution >= 4 is 5.97 Å². The van der Waals surface area contributed by atoms with E-state index in [1.807, 2.05) is 0 Å². The lowest BCUT2D eigenvalue weighted by atomic mass is 10.2. The number of furan rings is 1. The minimum atomic E-state index is -0.457. The van der Waals surface area contributed by atoms with Crippen molar-refractivity contribution in [1.29, 1.82) is 0 Å². The number of benzene rings is 1. The van der Waals surface area contributed by atoms with Crippen molar-refractivity contribution in [3.05, 3.63) is 60.0 Å². The van der Waals surface area contributed by atoms with Gasteiger partial charge >= 0.3 is 5.97 Å². The molecule has 0 spiro atoms. The lowest BCUT2D eigenvalue weighted by Crippen LogP contribution is -2.05. The number of aromatic nitrogens is 1. The molecule has 112 valence electrons. The third-order valence-electron chi connectivity index (χ3n) is 2.98. The van der Waals surface area contributed by atoms with Crippen molar-refractivity contribution in [3.8, 4) is 17.3 Å². The van der Waals surface area contributed by atoms with E-state index in [2.05, 4.69) is 5.16 Å². The zero-order valence-electron chi connectivity index (χ0n) is 11.8. The molecule has 0 aliphatic rings. The number of methoxy groups -OCH3 is 1. The molecular formula is C16H13NO5. The quantitative estimate of drug-likeness (QED) is 0.673. The van der Waals surface area contributed by atoms with Gasteiger partial charge in [0.15, 0.2) is 5.76 Å². The van der Waals surface area contributed by atoms with E-state index in [4.69, 9.17) is 18.4 Å². The predicted molar refractivity (Wildman–Crippen MR) is 76.3 cm³/mol. The summed E-state index contributed by atoms with van der Waals surface area (Å²) in [6.45, 7) is 0.0141. The average Bonchev–Trinajstić information content (AvgIpc) is 3.23. The second-order valence-corrected chi connectivity index (χ2v) is 4.47. The summed E-state index contributed by atoms with van der Waals surface area (Å²) in [6.07, 6.45) is 1.54. The zero-order chi connectivity index (χ0) is 15.4. The first kappa shape index (κ1) is 13.9. The first-order valence-electron chi connectivity index (χ1n) is 6.57. The maximum atomic E-state index is 12.0. The van der Waals surface area contributed by atoms with Gasteiger partial charge in [0.05, 0.1) is 18.9 Å². The normalized spacial score (nSPS) is 10.4. The zero-order valence-corrected chi connectivity index (χ0v) is 11.8. The molecule has 6 heteroatoms. The fourth-order valence-electron chi connectivity index (χ4n) is 1.89. The molecule has 0 amide bonds. The second-order valence-electron chi connectivity index (χ2n) is 4.47. The second kappa shape index (κ2) is 6.17. The van der Waals surface area contributed by atoms with Crippen LogP contribution in [-0.2, 0) is 11.3 Å². The van der Waals surface area contributed by atoms with Crippen LogP contribution in [-0.4, -0.2) is 18.2 Å². The van der Waals surface area contributed by atoms with E-state index < -0.39 is 5.97 Å². The molecule has 1 aromatic carbocycles. The molecule has 0 bridgehead atoms. The van der Waals surface area contributed by atoms with Crippen molar-refractivity contribution in [2.24, 2.45) is 0 Å². The standard InChI is InChI=1S/C16H13NO5/c1-19-13-5-2-4-11(8-13)16(18)21-10-12-9-15(22-17-12)14-6-3-7-20-14/h2-9H,10H2,1H3. The van der Waals surface area contributed by atoms with Crippen LogP contribution in [0.5, 0.6) is 5.75 Å². The van der Waals surface area contributed by atoms with Gasteiger partial charge in [-0.1, -0.05) is 11.2 Å². The van der Waals surface area contributed by atoms with E-state index >= 15 is 0 Å². The van der Waals surface area contributed by atoms with Crippen LogP contribution in [0.4, 0.5) is 0 Å². The van der Waals surface area contributed by atoms with Gasteiger partial charge in [-0.3, -0.25) is 0 Å². The molecule has 2 aromatic heterocycles. The first-order valence-corrected chi connectivity index (χ1v) is 6.57. The highest BCUT2D eigenvalue weighted by Gasteiger charge is 2.12. The molecule has 2 heterocycles. The lowest BCUT2D eigenvalue weighted by molar-refractivity contribution is 0.0464. The highest BCUT2D eigenvalue weighted by Crippen LogP contribution is 2.21. The van der Waals surface area contributed by atoms with Crippen LogP contribution in [0.1, 0.15) is 16.1 Å². The van der Waals surface area contributed by atoms with Crippen molar-refractivity contribution in [2.45, 2.75) is 6.61 Å². The Labute approximate surface area is 126 Å². The van der Waals surface area contributed by atoms with Gasteiger partial charge in [-0.15, -0.1) is 0 Å². The van der Waals surface area contributed by atoms with Crippen LogP contribution >= 0.6 is 0 Å². The maximum Gasteiger partial charge on any atom is 0.338 e. The van der Waals surface area contributed by atoms with E-state index in [0.29, 0.717) is 28.5 Å². The van der Waals surface area contributed by atoms with Crippen LogP contribution in [0.2, 0.25) is 0 Å². The molecule has 3 aromatic rings. The third-order valence-corrected chi connectivity index (χ3v) is 2.98. The van der Waals surface area contributed by atoms with Crippen molar-refractivity contribution in [1.82, 2.24) is 5.16 Å². The Balaban J connectivity index is 1.63. The maximum absolute atomic E-state index is 12.0. The number of rotatable bonds is 5. The number of ether oxygens (including phenoxy) is 2. The Hall–Kier alpha value is -3.02. The number of hydrogen-bond donors (Lipinski definition) is 0. The molecule has 0 fully saturated rings. The number of nitrogens with zero attached hydrogens (tertiary/aromatic N) is 1. The van der Waals surface area contributed by atoms with Crippen LogP contribution < -0.4 is 4.74 Å². The fourth-order valence-corrected chi connectivity index (χ4v) is 1.89. The molecule has 0 saturated carbocycles. The van der Waals surface area contributed by atoms with Gasteiger partial charge < -0.3 is 18.4 Å². The van der Waals surface area contributed by atoms with E-state index in [-0.39, 0.29) is 6.61 Å². The molecule has 6 nitrogen and oxygen atoms in total. The highest BCUT2D eigenvalue weighted by molar-refractivity contribution is 5.89. The van der Waals surface area contributed by atoms with Crippen molar-refractivity contribution in [2.75, 3.05) is 7.11 Å². The minimum Gasteiger partial charge on any atom is -0.497 e. The summed E-state index contributed by atoms with van der Waals surface area (Å²) < 4.78 is 20.6. The number of esters is 1. The van der Waals surface area contributed by atoms with Gasteiger partial charge in [-0.25, -0.2) is 4.79 Å². The molecule has 0 radical (unpaired) electrons. The summed E-state index contributed by atoms with van der Waals surface area (Å²) in [6, 6.07) is 11.9. The molecule has 0 unspecified atom stereocenters. The van der Waals surface area contributed by atoms with E-state index in [1.54, 1.807) is 48.7 Å². The van der Waals surface area contributed by atoms with Gasteiger partial charge in [0.1, 0.15) is 18.1 Å². The molecular weight excluding hydrogens is 286 g/mol. The summed E-state index contributed by atoms with van der Waals surface area (Å²) in [5.41, 5.74) is 0.914. The van der Waals surface area contributed by atoms with Crippen molar-refractivity contribution < 1.29 is 23.2 Å². The molecule has 22 heavy (non-hydrogen) atoms. The highest BCUT2D eigenvalue weighted by atomic mass is 16.5. The summed E-state index contributed by atoms with van der Waals surface area (Å²) in [4.78, 5) is 12.0. The Morgan fingerprint density at radius 3 is 2.86 bits per heavy atom. The average molecular weight is 299 g/mol. The Bertz CT molecular complexity index is 760. The lowest BCUT2D eigenvalue weighted by Gasteiger charge is -2.04. The predicted octanol–water partition coefficient (Wildman–Crippen LogP) is 3.30. The number of carbonyl (C=O) groups is 1. The van der Waals surface area contributed by atoms with Crippen LogP contribution in [0.15, 0.2) is 57.7 Å². The molecule has 3 rings (SSSR count). The molecule has 0 atom stereocenters. The largest absolute Gasteiger partial charge is 0.497 e. The fraction of sp³-hybridized carbons (Fsp3) is 0.125. The molecule has 0 saturated heterocycles. The van der Waals surface area contributed by atoms with Crippen molar-refractivity contribution in [3.63, 3.8) is 0 Å². The number of carbonyl (C=O) groups excluding carboxylic acids is 1. The van der Waals surface area contributed by atoms with Gasteiger partial charge in [-0.05, 0) is 30.3 Å². The van der Waals surface area contributed by atoms with Gasteiger partial charge in [-0.2, -0.15) is 0 Å².